The molecule has 6 heteroatoms. The summed E-state index contributed by atoms with van der Waals surface area (Å²) in [7, 11) is 4.74. The number of aryl methyl sites for hydroxylation is 2. The molecule has 1 aromatic carbocycles. The lowest BCUT2D eigenvalue weighted by atomic mass is 10.2. The van der Waals surface area contributed by atoms with Gasteiger partial charge in [-0.2, -0.15) is 5.10 Å². The van der Waals surface area contributed by atoms with Gasteiger partial charge in [0.2, 0.25) is 0 Å². The van der Waals surface area contributed by atoms with E-state index in [4.69, 9.17) is 9.47 Å². The first-order valence-corrected chi connectivity index (χ1v) is 5.43. The van der Waals surface area contributed by atoms with Crippen LogP contribution < -0.4 is 15.2 Å². The van der Waals surface area contributed by atoms with E-state index >= 15 is 0 Å². The summed E-state index contributed by atoms with van der Waals surface area (Å²) in [5.74, 6) is 1.82. The van der Waals surface area contributed by atoms with E-state index in [9.17, 15) is 4.79 Å². The molecule has 0 amide bonds. The molecule has 0 saturated heterocycles. The van der Waals surface area contributed by atoms with Crippen molar-refractivity contribution in [3.05, 3.63) is 34.5 Å². The lowest BCUT2D eigenvalue weighted by molar-refractivity contribution is 0.355. The number of hydrogen-bond donors (Lipinski definition) is 0. The molecule has 2 rings (SSSR count). The summed E-state index contributed by atoms with van der Waals surface area (Å²) >= 11 is 0. The molecular formula is C12H15N3O3. The summed E-state index contributed by atoms with van der Waals surface area (Å²) in [6, 6.07) is 5.29. The van der Waals surface area contributed by atoms with E-state index in [0.29, 0.717) is 23.0 Å². The molecular weight excluding hydrogens is 234 g/mol. The Morgan fingerprint density at radius 3 is 2.33 bits per heavy atom. The summed E-state index contributed by atoms with van der Waals surface area (Å²) in [5, 5.41) is 4.08. The molecule has 0 N–H and O–H groups in total. The number of methoxy groups -OCH3 is 2. The average Bonchev–Trinajstić information content (AvgIpc) is 2.62. The molecule has 6 nitrogen and oxygen atoms in total. The fourth-order valence-electron chi connectivity index (χ4n) is 1.85. The molecule has 0 unspecified atom stereocenters. The first kappa shape index (κ1) is 12.2. The number of benzene rings is 1. The van der Waals surface area contributed by atoms with Gasteiger partial charge in [0, 0.05) is 13.1 Å². The lowest BCUT2D eigenvalue weighted by Crippen LogP contribution is -2.21. The first-order chi connectivity index (χ1) is 8.58. The van der Waals surface area contributed by atoms with E-state index < -0.39 is 0 Å². The SMILES string of the molecule is COc1ccc(-n2c(C)nn(C)c2=O)cc1OC. The molecule has 0 aliphatic rings. The second kappa shape index (κ2) is 4.56. The molecule has 2 aromatic rings. The van der Waals surface area contributed by atoms with E-state index in [1.165, 1.54) is 9.25 Å². The summed E-state index contributed by atoms with van der Waals surface area (Å²) in [5.41, 5.74) is 0.503. The van der Waals surface area contributed by atoms with Gasteiger partial charge < -0.3 is 9.47 Å². The van der Waals surface area contributed by atoms with Gasteiger partial charge in [-0.05, 0) is 19.1 Å². The third kappa shape index (κ3) is 1.85. The number of nitrogens with zero attached hydrogens (tertiary/aromatic N) is 3. The molecule has 0 fully saturated rings. The lowest BCUT2D eigenvalue weighted by Gasteiger charge is -2.09. The predicted molar refractivity (Wildman–Crippen MR) is 66.6 cm³/mol. The predicted octanol–water partition coefficient (Wildman–Crippen LogP) is 0.897. The maximum Gasteiger partial charge on any atom is 0.350 e. The van der Waals surface area contributed by atoms with Crippen molar-refractivity contribution in [3.63, 3.8) is 0 Å². The normalized spacial score (nSPS) is 10.4. The second-order valence-corrected chi connectivity index (χ2v) is 3.83. The van der Waals surface area contributed by atoms with Gasteiger partial charge in [0.25, 0.3) is 0 Å². The Labute approximate surface area is 104 Å². The second-order valence-electron chi connectivity index (χ2n) is 3.83. The Bertz CT molecular complexity index is 628. The summed E-state index contributed by atoms with van der Waals surface area (Å²) in [6.07, 6.45) is 0. The Hall–Kier alpha value is -2.24. The molecule has 96 valence electrons. The quantitative estimate of drug-likeness (QED) is 0.810. The Morgan fingerprint density at radius 1 is 1.17 bits per heavy atom. The molecule has 0 radical (unpaired) electrons. The van der Waals surface area contributed by atoms with Crippen LogP contribution in [0.25, 0.3) is 5.69 Å². The van der Waals surface area contributed by atoms with Gasteiger partial charge in [0.05, 0.1) is 19.9 Å². The van der Waals surface area contributed by atoms with E-state index in [2.05, 4.69) is 5.10 Å². The van der Waals surface area contributed by atoms with Crippen LogP contribution in [0, 0.1) is 6.92 Å². The van der Waals surface area contributed by atoms with Crippen LogP contribution in [0.15, 0.2) is 23.0 Å². The third-order valence-corrected chi connectivity index (χ3v) is 2.71. The van der Waals surface area contributed by atoms with Crippen molar-refractivity contribution >= 4 is 0 Å². The van der Waals surface area contributed by atoms with Crippen molar-refractivity contribution in [1.29, 1.82) is 0 Å². The minimum Gasteiger partial charge on any atom is -0.493 e. The highest BCUT2D eigenvalue weighted by Gasteiger charge is 2.12. The fraction of sp³-hybridized carbons (Fsp3) is 0.333. The molecule has 0 atom stereocenters. The van der Waals surface area contributed by atoms with Crippen LogP contribution >= 0.6 is 0 Å². The minimum atomic E-state index is -0.195. The summed E-state index contributed by atoms with van der Waals surface area (Å²) in [4.78, 5) is 11.9. The van der Waals surface area contributed by atoms with Crippen molar-refractivity contribution < 1.29 is 9.47 Å². The number of rotatable bonds is 3. The molecule has 0 saturated carbocycles. The maximum absolute atomic E-state index is 11.9. The van der Waals surface area contributed by atoms with Crippen LogP contribution in [0.4, 0.5) is 0 Å². The zero-order chi connectivity index (χ0) is 13.3. The molecule has 0 bridgehead atoms. The van der Waals surface area contributed by atoms with Gasteiger partial charge in [0.1, 0.15) is 5.82 Å². The Morgan fingerprint density at radius 2 is 1.83 bits per heavy atom. The molecule has 0 aliphatic carbocycles. The largest absolute Gasteiger partial charge is 0.493 e. The maximum atomic E-state index is 11.9. The zero-order valence-corrected chi connectivity index (χ0v) is 10.8. The standard InChI is InChI=1S/C12H15N3O3/c1-8-13-14(2)12(16)15(8)9-5-6-10(17-3)11(7-9)18-4/h5-7H,1-4H3. The Balaban J connectivity index is 2.61. The van der Waals surface area contributed by atoms with Gasteiger partial charge in [0.15, 0.2) is 11.5 Å². The van der Waals surface area contributed by atoms with E-state index in [-0.39, 0.29) is 5.69 Å². The van der Waals surface area contributed by atoms with Gasteiger partial charge >= 0.3 is 5.69 Å². The van der Waals surface area contributed by atoms with E-state index in [1.807, 2.05) is 0 Å². The Kier molecular flexibility index (Phi) is 3.10. The van der Waals surface area contributed by atoms with Gasteiger partial charge in [-0.3, -0.25) is 0 Å². The molecule has 18 heavy (non-hydrogen) atoms. The third-order valence-electron chi connectivity index (χ3n) is 2.71. The van der Waals surface area contributed by atoms with Crippen molar-refractivity contribution in [2.75, 3.05) is 14.2 Å². The van der Waals surface area contributed by atoms with Crippen molar-refractivity contribution in [1.82, 2.24) is 14.3 Å². The van der Waals surface area contributed by atoms with E-state index in [1.54, 1.807) is 46.4 Å². The van der Waals surface area contributed by atoms with Gasteiger partial charge in [-0.15, -0.1) is 0 Å². The first-order valence-electron chi connectivity index (χ1n) is 5.43. The number of ether oxygens (including phenoxy) is 2. The smallest absolute Gasteiger partial charge is 0.350 e. The topological polar surface area (TPSA) is 58.3 Å². The van der Waals surface area contributed by atoms with E-state index in [0.717, 1.165) is 0 Å². The van der Waals surface area contributed by atoms with Gasteiger partial charge in [-0.1, -0.05) is 0 Å². The summed E-state index contributed by atoms with van der Waals surface area (Å²) in [6.45, 7) is 1.78. The highest BCUT2D eigenvalue weighted by molar-refractivity contribution is 5.49. The zero-order valence-electron chi connectivity index (χ0n) is 10.8. The van der Waals surface area contributed by atoms with Crippen LogP contribution in [0.5, 0.6) is 11.5 Å². The number of aromatic nitrogens is 3. The summed E-state index contributed by atoms with van der Waals surface area (Å²) < 4.78 is 13.2. The highest BCUT2D eigenvalue weighted by Crippen LogP contribution is 2.28. The van der Waals surface area contributed by atoms with Crippen molar-refractivity contribution in [3.8, 4) is 17.2 Å². The van der Waals surface area contributed by atoms with Crippen LogP contribution in [-0.2, 0) is 7.05 Å². The molecule has 0 aliphatic heterocycles. The molecule has 0 spiro atoms. The van der Waals surface area contributed by atoms with Crippen molar-refractivity contribution in [2.24, 2.45) is 7.05 Å². The molecule has 1 aromatic heterocycles. The monoisotopic (exact) mass is 249 g/mol. The van der Waals surface area contributed by atoms with Crippen molar-refractivity contribution in [2.45, 2.75) is 6.92 Å². The van der Waals surface area contributed by atoms with Crippen LogP contribution in [-0.4, -0.2) is 28.6 Å². The fourth-order valence-corrected chi connectivity index (χ4v) is 1.85. The van der Waals surface area contributed by atoms with Gasteiger partial charge in [-0.25, -0.2) is 14.0 Å². The van der Waals surface area contributed by atoms with Crippen LogP contribution in [0.3, 0.4) is 0 Å². The molecule has 1 heterocycles. The minimum absolute atomic E-state index is 0.195. The highest BCUT2D eigenvalue weighted by atomic mass is 16.5. The number of hydrogen-bond acceptors (Lipinski definition) is 4. The van der Waals surface area contributed by atoms with Crippen LogP contribution in [0.1, 0.15) is 5.82 Å². The van der Waals surface area contributed by atoms with Crippen LogP contribution in [0.2, 0.25) is 0 Å². The average molecular weight is 249 g/mol.